The van der Waals surface area contributed by atoms with E-state index in [9.17, 15) is 9.59 Å². The smallest absolute Gasteiger partial charge is 0.310 e. The van der Waals surface area contributed by atoms with Crippen molar-refractivity contribution in [3.8, 4) is 0 Å². The molecular formula is C20H22BrNO3. The maximum Gasteiger partial charge on any atom is 0.310 e. The molecule has 0 unspecified atom stereocenters. The van der Waals surface area contributed by atoms with Gasteiger partial charge < -0.3 is 10.1 Å². The summed E-state index contributed by atoms with van der Waals surface area (Å²) in [5.74, 6) is -0.724. The van der Waals surface area contributed by atoms with Gasteiger partial charge in [-0.05, 0) is 55.2 Å². The van der Waals surface area contributed by atoms with Crippen LogP contribution in [-0.4, -0.2) is 18.5 Å². The number of hydrogen-bond acceptors (Lipinski definition) is 3. The number of carbonyl (C=O) groups is 2. The molecule has 4 nitrogen and oxygen atoms in total. The number of ether oxygens (including phenoxy) is 1. The molecule has 0 fully saturated rings. The van der Waals surface area contributed by atoms with E-state index in [4.69, 9.17) is 4.74 Å². The van der Waals surface area contributed by atoms with E-state index in [0.717, 1.165) is 21.2 Å². The van der Waals surface area contributed by atoms with Gasteiger partial charge in [0.2, 0.25) is 0 Å². The molecule has 25 heavy (non-hydrogen) atoms. The number of aryl methyl sites for hydroxylation is 2. The van der Waals surface area contributed by atoms with Crippen molar-refractivity contribution in [2.75, 3.05) is 6.61 Å². The molecule has 0 saturated carbocycles. The summed E-state index contributed by atoms with van der Waals surface area (Å²) in [6.45, 7) is 5.64. The molecule has 2 aromatic carbocycles. The van der Waals surface area contributed by atoms with Gasteiger partial charge in [-0.15, -0.1) is 0 Å². The highest BCUT2D eigenvalue weighted by atomic mass is 79.9. The number of rotatable bonds is 6. The molecule has 1 atom stereocenters. The van der Waals surface area contributed by atoms with Gasteiger partial charge >= 0.3 is 5.97 Å². The van der Waals surface area contributed by atoms with Crippen LogP contribution in [0, 0.1) is 13.8 Å². The Kier molecular flexibility index (Phi) is 6.76. The van der Waals surface area contributed by atoms with Crippen LogP contribution in [0.4, 0.5) is 0 Å². The molecule has 0 saturated heterocycles. The average molecular weight is 404 g/mol. The lowest BCUT2D eigenvalue weighted by Gasteiger charge is -2.14. The van der Waals surface area contributed by atoms with E-state index in [1.54, 1.807) is 0 Å². The number of esters is 1. The van der Waals surface area contributed by atoms with Crippen molar-refractivity contribution in [2.24, 2.45) is 0 Å². The molecule has 0 aromatic heterocycles. The summed E-state index contributed by atoms with van der Waals surface area (Å²) in [5.41, 5.74) is 4.18. The minimum atomic E-state index is -0.408. The fraction of sp³-hybridized carbons (Fsp3) is 0.300. The predicted molar refractivity (Wildman–Crippen MR) is 101 cm³/mol. The molecule has 0 bridgehead atoms. The van der Waals surface area contributed by atoms with Crippen LogP contribution >= 0.6 is 15.9 Å². The lowest BCUT2D eigenvalue weighted by atomic mass is 10.0. The standard InChI is InChI=1S/C20H22BrNO3/c1-13-4-5-16(10-14(13)2)11-20(24)25-12-19(23)22-15(3)17-6-8-18(21)9-7-17/h4-10,15H,11-12H2,1-3H3,(H,22,23)/t15-/m0/s1. The third kappa shape index (κ3) is 6.02. The Morgan fingerprint density at radius 2 is 1.76 bits per heavy atom. The van der Waals surface area contributed by atoms with Gasteiger partial charge in [0.15, 0.2) is 6.61 Å². The highest BCUT2D eigenvalue weighted by molar-refractivity contribution is 9.10. The molecule has 0 spiro atoms. The quantitative estimate of drug-likeness (QED) is 0.740. The normalized spacial score (nSPS) is 11.7. The van der Waals surface area contributed by atoms with E-state index in [0.29, 0.717) is 0 Å². The summed E-state index contributed by atoms with van der Waals surface area (Å²) >= 11 is 3.38. The maximum atomic E-state index is 12.0. The Labute approximate surface area is 156 Å². The van der Waals surface area contributed by atoms with Crippen molar-refractivity contribution in [1.82, 2.24) is 5.32 Å². The molecule has 2 rings (SSSR count). The highest BCUT2D eigenvalue weighted by Crippen LogP contribution is 2.16. The monoisotopic (exact) mass is 403 g/mol. The van der Waals surface area contributed by atoms with Crippen molar-refractivity contribution in [3.63, 3.8) is 0 Å². The fourth-order valence-electron chi connectivity index (χ4n) is 2.40. The van der Waals surface area contributed by atoms with Gasteiger partial charge in [-0.25, -0.2) is 0 Å². The summed E-state index contributed by atoms with van der Waals surface area (Å²) in [4.78, 5) is 23.9. The second kappa shape index (κ2) is 8.81. The fourth-order valence-corrected chi connectivity index (χ4v) is 2.66. The van der Waals surface area contributed by atoms with Crippen LogP contribution in [0.25, 0.3) is 0 Å². The van der Waals surface area contributed by atoms with Crippen LogP contribution in [-0.2, 0) is 20.7 Å². The first-order chi connectivity index (χ1) is 11.8. The van der Waals surface area contributed by atoms with Crippen LogP contribution in [0.2, 0.25) is 0 Å². The number of halogens is 1. The molecular weight excluding hydrogens is 382 g/mol. The van der Waals surface area contributed by atoms with Crippen molar-refractivity contribution < 1.29 is 14.3 Å². The van der Waals surface area contributed by atoms with Crippen molar-refractivity contribution in [1.29, 1.82) is 0 Å². The van der Waals surface area contributed by atoms with E-state index < -0.39 is 5.97 Å². The highest BCUT2D eigenvalue weighted by Gasteiger charge is 2.12. The lowest BCUT2D eigenvalue weighted by Crippen LogP contribution is -2.31. The van der Waals surface area contributed by atoms with Crippen molar-refractivity contribution >= 4 is 27.8 Å². The van der Waals surface area contributed by atoms with Crippen LogP contribution in [0.15, 0.2) is 46.9 Å². The van der Waals surface area contributed by atoms with Gasteiger partial charge in [0.05, 0.1) is 12.5 Å². The lowest BCUT2D eigenvalue weighted by molar-refractivity contribution is -0.148. The van der Waals surface area contributed by atoms with Crippen molar-refractivity contribution in [3.05, 3.63) is 69.2 Å². The largest absolute Gasteiger partial charge is 0.455 e. The van der Waals surface area contributed by atoms with Gasteiger partial charge in [-0.1, -0.05) is 46.3 Å². The Morgan fingerprint density at radius 1 is 1.08 bits per heavy atom. The van der Waals surface area contributed by atoms with Crippen LogP contribution < -0.4 is 5.32 Å². The first-order valence-corrected chi connectivity index (χ1v) is 8.91. The van der Waals surface area contributed by atoms with Crippen molar-refractivity contribution in [2.45, 2.75) is 33.2 Å². The maximum absolute atomic E-state index is 12.0. The molecule has 2 aromatic rings. The Hall–Kier alpha value is -2.14. The molecule has 1 N–H and O–H groups in total. The average Bonchev–Trinajstić information content (AvgIpc) is 2.57. The number of benzene rings is 2. The molecule has 0 radical (unpaired) electrons. The van der Waals surface area contributed by atoms with E-state index in [1.165, 1.54) is 5.56 Å². The summed E-state index contributed by atoms with van der Waals surface area (Å²) in [6.07, 6.45) is 0.163. The van der Waals surface area contributed by atoms with Crippen LogP contribution in [0.1, 0.15) is 35.2 Å². The number of hydrogen-bond donors (Lipinski definition) is 1. The zero-order valence-electron chi connectivity index (χ0n) is 14.6. The third-order valence-electron chi connectivity index (χ3n) is 4.03. The van der Waals surface area contributed by atoms with Gasteiger partial charge in [0.25, 0.3) is 5.91 Å². The Balaban J connectivity index is 1.79. The Morgan fingerprint density at radius 3 is 2.40 bits per heavy atom. The summed E-state index contributed by atoms with van der Waals surface area (Å²) < 4.78 is 6.06. The number of carbonyl (C=O) groups excluding carboxylic acids is 2. The van der Waals surface area contributed by atoms with E-state index >= 15 is 0 Å². The molecule has 0 aliphatic carbocycles. The van der Waals surface area contributed by atoms with Gasteiger partial charge in [-0.3, -0.25) is 9.59 Å². The second-order valence-corrected chi connectivity index (χ2v) is 7.01. The number of amides is 1. The van der Waals surface area contributed by atoms with E-state index in [2.05, 4.69) is 21.2 Å². The van der Waals surface area contributed by atoms with Gasteiger partial charge in [0.1, 0.15) is 0 Å². The SMILES string of the molecule is Cc1ccc(CC(=O)OCC(=O)N[C@@H](C)c2ccc(Br)cc2)cc1C. The molecule has 0 heterocycles. The van der Waals surface area contributed by atoms with Crippen LogP contribution in [0.5, 0.6) is 0 Å². The number of nitrogens with one attached hydrogen (secondary N) is 1. The topological polar surface area (TPSA) is 55.4 Å². The second-order valence-electron chi connectivity index (χ2n) is 6.10. The zero-order chi connectivity index (χ0) is 18.4. The summed E-state index contributed by atoms with van der Waals surface area (Å²) in [5, 5.41) is 2.82. The summed E-state index contributed by atoms with van der Waals surface area (Å²) in [6, 6.07) is 13.4. The molecule has 5 heteroatoms. The van der Waals surface area contributed by atoms with E-state index in [1.807, 2.05) is 63.2 Å². The zero-order valence-corrected chi connectivity index (χ0v) is 16.2. The van der Waals surface area contributed by atoms with Gasteiger partial charge in [0, 0.05) is 4.47 Å². The third-order valence-corrected chi connectivity index (χ3v) is 4.56. The molecule has 0 aliphatic rings. The first kappa shape index (κ1) is 19.2. The molecule has 132 valence electrons. The Bertz CT molecular complexity index is 756. The molecule has 0 aliphatic heterocycles. The van der Waals surface area contributed by atoms with Crippen LogP contribution in [0.3, 0.4) is 0 Å². The minimum absolute atomic E-state index is 0.154. The predicted octanol–water partition coefficient (Wildman–Crippen LogP) is 4.03. The first-order valence-electron chi connectivity index (χ1n) is 8.11. The summed E-state index contributed by atoms with van der Waals surface area (Å²) in [7, 11) is 0. The van der Waals surface area contributed by atoms with E-state index in [-0.39, 0.29) is 25.0 Å². The van der Waals surface area contributed by atoms with Gasteiger partial charge in [-0.2, -0.15) is 0 Å². The molecule has 1 amide bonds. The minimum Gasteiger partial charge on any atom is -0.455 e.